The molecule has 2 aromatic heterocycles. The van der Waals surface area contributed by atoms with Crippen LogP contribution in [0.3, 0.4) is 0 Å². The average Bonchev–Trinajstić information content (AvgIpc) is 3.64. The fourth-order valence-electron chi connectivity index (χ4n) is 4.84. The zero-order chi connectivity index (χ0) is 28.9. The lowest BCUT2D eigenvalue weighted by atomic mass is 10.00. The number of nitrogens with two attached hydrogens (primary N) is 2. The number of hydrogen-bond donors (Lipinski definition) is 3. The molecule has 0 saturated carbocycles. The van der Waals surface area contributed by atoms with Crippen molar-refractivity contribution in [2.75, 3.05) is 30.4 Å². The molecule has 2 atom stereocenters. The number of carbonyl (C=O) groups is 3. The Hall–Kier alpha value is -4.55. The lowest BCUT2D eigenvalue weighted by molar-refractivity contribution is -0.123. The molecular formula is C29H30N6O5S. The quantitative estimate of drug-likeness (QED) is 0.259. The van der Waals surface area contributed by atoms with Crippen LogP contribution in [0.1, 0.15) is 51.5 Å². The second-order valence-corrected chi connectivity index (χ2v) is 10.2. The van der Waals surface area contributed by atoms with Crippen molar-refractivity contribution in [3.63, 3.8) is 0 Å². The van der Waals surface area contributed by atoms with Crippen LogP contribution in [0.5, 0.6) is 5.75 Å². The van der Waals surface area contributed by atoms with Gasteiger partial charge in [0.2, 0.25) is 5.91 Å². The Kier molecular flexibility index (Phi) is 8.41. The SMILES string of the molecule is CCOc1ccccc1N(C(=O)c1snc(C(N)=O)c1N)[C@H](C(=O)NC[C@@H]1CCCO1)c1ccc2ncccc2c1. The molecule has 212 valence electrons. The molecule has 0 radical (unpaired) electrons. The lowest BCUT2D eigenvalue weighted by Gasteiger charge is -2.32. The molecule has 0 spiro atoms. The molecule has 2 aromatic carbocycles. The molecule has 11 nitrogen and oxygen atoms in total. The summed E-state index contributed by atoms with van der Waals surface area (Å²) in [6.07, 6.45) is 3.32. The predicted octanol–water partition coefficient (Wildman–Crippen LogP) is 3.45. The van der Waals surface area contributed by atoms with Gasteiger partial charge in [-0.05, 0) is 67.2 Å². The van der Waals surface area contributed by atoms with E-state index in [9.17, 15) is 14.4 Å². The van der Waals surface area contributed by atoms with Crippen molar-refractivity contribution in [3.8, 4) is 5.75 Å². The van der Waals surface area contributed by atoms with Gasteiger partial charge in [-0.15, -0.1) is 0 Å². The maximum Gasteiger partial charge on any atom is 0.273 e. The molecule has 3 amide bonds. The van der Waals surface area contributed by atoms with E-state index in [0.717, 1.165) is 35.3 Å². The summed E-state index contributed by atoms with van der Waals surface area (Å²) in [4.78, 5) is 46.1. The number of pyridine rings is 1. The molecular weight excluding hydrogens is 544 g/mol. The molecule has 1 aliphatic heterocycles. The van der Waals surface area contributed by atoms with Gasteiger partial charge in [-0.25, -0.2) is 0 Å². The van der Waals surface area contributed by atoms with E-state index in [0.29, 0.717) is 30.2 Å². The number of rotatable bonds is 10. The van der Waals surface area contributed by atoms with Crippen LogP contribution >= 0.6 is 11.5 Å². The number of nitrogens with one attached hydrogen (secondary N) is 1. The number of ether oxygens (including phenoxy) is 2. The Morgan fingerprint density at radius 1 is 1.20 bits per heavy atom. The molecule has 3 heterocycles. The molecule has 12 heteroatoms. The van der Waals surface area contributed by atoms with E-state index in [1.165, 1.54) is 4.90 Å². The van der Waals surface area contributed by atoms with Crippen LogP contribution < -0.4 is 26.4 Å². The highest BCUT2D eigenvalue weighted by molar-refractivity contribution is 7.09. The summed E-state index contributed by atoms with van der Waals surface area (Å²) in [7, 11) is 0. The van der Waals surface area contributed by atoms with E-state index in [1.807, 2.05) is 19.1 Å². The minimum Gasteiger partial charge on any atom is -0.492 e. The van der Waals surface area contributed by atoms with Gasteiger partial charge < -0.3 is 26.3 Å². The maximum absolute atomic E-state index is 14.4. The molecule has 1 fully saturated rings. The minimum atomic E-state index is -1.16. The van der Waals surface area contributed by atoms with Crippen molar-refractivity contribution in [1.82, 2.24) is 14.7 Å². The first-order valence-electron chi connectivity index (χ1n) is 13.2. The van der Waals surface area contributed by atoms with Gasteiger partial charge in [0.15, 0.2) is 5.69 Å². The van der Waals surface area contributed by atoms with Gasteiger partial charge in [-0.1, -0.05) is 24.3 Å². The van der Waals surface area contributed by atoms with Crippen molar-refractivity contribution >= 4 is 51.5 Å². The Morgan fingerprint density at radius 2 is 2.02 bits per heavy atom. The Morgan fingerprint density at radius 3 is 2.76 bits per heavy atom. The maximum atomic E-state index is 14.4. The average molecular weight is 575 g/mol. The molecule has 1 aliphatic rings. The summed E-state index contributed by atoms with van der Waals surface area (Å²) in [5, 5.41) is 3.78. The van der Waals surface area contributed by atoms with Crippen molar-refractivity contribution in [3.05, 3.63) is 76.9 Å². The van der Waals surface area contributed by atoms with Crippen molar-refractivity contribution < 1.29 is 23.9 Å². The molecule has 0 bridgehead atoms. The second kappa shape index (κ2) is 12.3. The van der Waals surface area contributed by atoms with Gasteiger partial charge in [0.25, 0.3) is 11.8 Å². The number of para-hydroxylation sites is 2. The van der Waals surface area contributed by atoms with E-state index in [-0.39, 0.29) is 28.9 Å². The first-order chi connectivity index (χ1) is 19.9. The molecule has 5 rings (SSSR count). The normalized spacial score (nSPS) is 15.4. The fourth-order valence-corrected chi connectivity index (χ4v) is 5.58. The standard InChI is InChI=1S/C29H30N6O5S/c1-2-39-22-10-4-3-9-21(22)35(29(38)26-23(30)24(27(31)36)34-41-26)25(28(37)33-16-19-8-6-14-40-19)18-11-12-20-17(15-18)7-5-13-32-20/h3-5,7,9-13,15,19,25H,2,6,8,14,16,30H2,1H3,(H2,31,36)(H,33,37)/t19-,25-/m0/s1. The number of nitrogens with zero attached hydrogens (tertiary/aromatic N) is 3. The number of hydrogen-bond acceptors (Lipinski definition) is 9. The first kappa shape index (κ1) is 28.0. The molecule has 5 N–H and O–H groups in total. The number of carbonyl (C=O) groups excluding carboxylic acids is 3. The number of primary amides is 1. The molecule has 41 heavy (non-hydrogen) atoms. The molecule has 0 aliphatic carbocycles. The highest BCUT2D eigenvalue weighted by Gasteiger charge is 2.37. The number of aromatic nitrogens is 2. The highest BCUT2D eigenvalue weighted by Crippen LogP contribution is 2.38. The number of fused-ring (bicyclic) bond motifs is 1. The van der Waals surface area contributed by atoms with Crippen LogP contribution in [0.4, 0.5) is 11.4 Å². The molecule has 0 unspecified atom stereocenters. The summed E-state index contributed by atoms with van der Waals surface area (Å²) < 4.78 is 15.6. The van der Waals surface area contributed by atoms with E-state index in [1.54, 1.807) is 48.7 Å². The topological polar surface area (TPSA) is 163 Å². The van der Waals surface area contributed by atoms with Crippen LogP contribution in [0.15, 0.2) is 60.8 Å². The Bertz CT molecular complexity index is 1580. The van der Waals surface area contributed by atoms with Gasteiger partial charge in [0.05, 0.1) is 29.6 Å². The van der Waals surface area contributed by atoms with Crippen LogP contribution in [-0.4, -0.2) is 52.9 Å². The second-order valence-electron chi connectivity index (χ2n) is 9.45. The van der Waals surface area contributed by atoms with E-state index in [4.69, 9.17) is 20.9 Å². The first-order valence-corrected chi connectivity index (χ1v) is 14.0. The van der Waals surface area contributed by atoms with Crippen molar-refractivity contribution in [1.29, 1.82) is 0 Å². The Labute approximate surface area is 240 Å². The molecule has 1 saturated heterocycles. The zero-order valence-electron chi connectivity index (χ0n) is 22.4. The number of nitrogen functional groups attached to an aromatic ring is 1. The lowest BCUT2D eigenvalue weighted by Crippen LogP contribution is -2.45. The fraction of sp³-hybridized carbons (Fsp3) is 0.276. The smallest absolute Gasteiger partial charge is 0.273 e. The van der Waals surface area contributed by atoms with E-state index >= 15 is 0 Å². The third-order valence-corrected chi connectivity index (χ3v) is 7.63. The predicted molar refractivity (Wildman–Crippen MR) is 156 cm³/mol. The van der Waals surface area contributed by atoms with Crippen molar-refractivity contribution in [2.45, 2.75) is 31.9 Å². The van der Waals surface area contributed by atoms with Gasteiger partial charge in [0, 0.05) is 24.7 Å². The van der Waals surface area contributed by atoms with Crippen LogP contribution in [0, 0.1) is 0 Å². The summed E-state index contributed by atoms with van der Waals surface area (Å²) in [6.45, 7) is 3.07. The highest BCUT2D eigenvalue weighted by atomic mass is 32.1. The summed E-state index contributed by atoms with van der Waals surface area (Å²) in [5.74, 6) is -1.53. The molecule has 4 aromatic rings. The van der Waals surface area contributed by atoms with Gasteiger partial charge in [-0.2, -0.15) is 4.37 Å². The van der Waals surface area contributed by atoms with E-state index < -0.39 is 23.8 Å². The third kappa shape index (κ3) is 5.83. The van der Waals surface area contributed by atoms with E-state index in [2.05, 4.69) is 14.7 Å². The minimum absolute atomic E-state index is 0.0236. The largest absolute Gasteiger partial charge is 0.492 e. The van der Waals surface area contributed by atoms with Gasteiger partial charge in [0.1, 0.15) is 16.7 Å². The summed E-state index contributed by atoms with van der Waals surface area (Å²) in [5.41, 5.74) is 12.9. The summed E-state index contributed by atoms with van der Waals surface area (Å²) in [6, 6.07) is 14.8. The summed E-state index contributed by atoms with van der Waals surface area (Å²) >= 11 is 0.746. The number of anilines is 2. The number of benzene rings is 2. The zero-order valence-corrected chi connectivity index (χ0v) is 23.2. The van der Waals surface area contributed by atoms with Gasteiger partial charge in [-0.3, -0.25) is 24.3 Å². The third-order valence-electron chi connectivity index (χ3n) is 6.78. The van der Waals surface area contributed by atoms with Crippen molar-refractivity contribution in [2.24, 2.45) is 5.73 Å². The van der Waals surface area contributed by atoms with Crippen LogP contribution in [0.25, 0.3) is 10.9 Å². The number of amides is 3. The monoisotopic (exact) mass is 574 g/mol. The van der Waals surface area contributed by atoms with Gasteiger partial charge >= 0.3 is 0 Å². The Balaban J connectivity index is 1.67. The van der Waals surface area contributed by atoms with Crippen LogP contribution in [0.2, 0.25) is 0 Å². The van der Waals surface area contributed by atoms with Crippen LogP contribution in [-0.2, 0) is 9.53 Å².